The minimum Gasteiger partial charge on any atom is -0.441 e. The molecule has 0 bridgehead atoms. The Labute approximate surface area is 199 Å². The average molecular weight is 547 g/mol. The summed E-state index contributed by atoms with van der Waals surface area (Å²) >= 11 is 2.21. The van der Waals surface area contributed by atoms with E-state index in [9.17, 15) is 9.18 Å². The minimum absolute atomic E-state index is 0.304. The molecule has 166 valence electrons. The van der Waals surface area contributed by atoms with Gasteiger partial charge in [0.2, 0.25) is 0 Å². The van der Waals surface area contributed by atoms with Crippen LogP contribution in [-0.4, -0.2) is 39.5 Å². The maximum Gasteiger partial charge on any atom is 0.416 e. The first kappa shape index (κ1) is 21.2. The van der Waals surface area contributed by atoms with Crippen molar-refractivity contribution in [3.05, 3.63) is 64.2 Å². The van der Waals surface area contributed by atoms with Gasteiger partial charge in [-0.1, -0.05) is 18.2 Å². The molecular formula is C23H23FIN5O2. The molecule has 7 nitrogen and oxygen atoms in total. The predicted molar refractivity (Wildman–Crippen MR) is 127 cm³/mol. The molecule has 2 aliphatic rings. The third kappa shape index (κ3) is 4.17. The summed E-state index contributed by atoms with van der Waals surface area (Å²) in [6.07, 6.45) is 6.77. The molecule has 1 saturated heterocycles. The smallest absolute Gasteiger partial charge is 0.416 e. The Kier molecular flexibility index (Phi) is 5.75. The number of aromatic nitrogens is 3. The molecule has 9 heteroatoms. The Hall–Kier alpha value is -2.69. The predicted octanol–water partition coefficient (Wildman–Crippen LogP) is 5.01. The molecule has 0 radical (unpaired) electrons. The number of amides is 1. The van der Waals surface area contributed by atoms with Gasteiger partial charge in [-0.05, 0) is 78.5 Å². The van der Waals surface area contributed by atoms with Crippen LogP contribution in [0.25, 0.3) is 5.69 Å². The summed E-state index contributed by atoms with van der Waals surface area (Å²) in [6, 6.07) is 12.1. The topological polar surface area (TPSA) is 72.3 Å². The maximum absolute atomic E-state index is 14.1. The van der Waals surface area contributed by atoms with Gasteiger partial charge in [-0.25, -0.2) is 18.9 Å². The van der Waals surface area contributed by atoms with E-state index in [2.05, 4.69) is 38.0 Å². The number of anilines is 2. The zero-order valence-corrected chi connectivity index (χ0v) is 19.5. The molecule has 1 aliphatic heterocycles. The number of nitrogens with zero attached hydrogens (tertiary/aromatic N) is 4. The molecule has 1 aliphatic carbocycles. The van der Waals surface area contributed by atoms with E-state index in [0.29, 0.717) is 24.0 Å². The standard InChI is InChI=1S/C23H23FIN5O2/c24-17-5-1-2-6-19(17)30-14-18(25)21(28-30)27-13-16-8-10-23(11-9-16)15-29(22(31)32-23)20-7-3-4-12-26-20/h1-7,12,14,16H,8-11,13,15H2,(H,27,28). The Morgan fingerprint density at radius 1 is 1.19 bits per heavy atom. The molecule has 1 amide bonds. The Balaban J connectivity index is 1.18. The van der Waals surface area contributed by atoms with Crippen molar-refractivity contribution < 1.29 is 13.9 Å². The van der Waals surface area contributed by atoms with Crippen molar-refractivity contribution in [2.24, 2.45) is 5.92 Å². The molecule has 0 atom stereocenters. The molecule has 1 spiro atoms. The van der Waals surface area contributed by atoms with E-state index in [1.807, 2.05) is 24.4 Å². The van der Waals surface area contributed by atoms with Gasteiger partial charge in [-0.3, -0.25) is 4.90 Å². The minimum atomic E-state index is -0.425. The van der Waals surface area contributed by atoms with Gasteiger partial charge >= 0.3 is 6.09 Å². The molecule has 1 aromatic carbocycles. The molecule has 2 aromatic heterocycles. The van der Waals surface area contributed by atoms with Crippen molar-refractivity contribution >= 4 is 40.3 Å². The van der Waals surface area contributed by atoms with Crippen LogP contribution in [0.5, 0.6) is 0 Å². The van der Waals surface area contributed by atoms with Crippen molar-refractivity contribution in [2.75, 3.05) is 23.3 Å². The zero-order chi connectivity index (χ0) is 22.1. The number of carbonyl (C=O) groups excluding carboxylic acids is 1. The maximum atomic E-state index is 14.1. The highest BCUT2D eigenvalue weighted by Crippen LogP contribution is 2.40. The van der Waals surface area contributed by atoms with Crippen LogP contribution in [0.4, 0.5) is 20.8 Å². The number of hydrogen-bond donors (Lipinski definition) is 1. The largest absolute Gasteiger partial charge is 0.441 e. The summed E-state index contributed by atoms with van der Waals surface area (Å²) in [5.74, 6) is 1.54. The lowest BCUT2D eigenvalue weighted by molar-refractivity contribution is 0.0148. The van der Waals surface area contributed by atoms with E-state index in [0.717, 1.165) is 41.6 Å². The summed E-state index contributed by atoms with van der Waals surface area (Å²) in [6.45, 7) is 1.33. The number of halogens is 2. The van der Waals surface area contributed by atoms with Gasteiger partial charge in [0.05, 0.1) is 10.1 Å². The van der Waals surface area contributed by atoms with E-state index in [1.165, 1.54) is 6.07 Å². The summed E-state index contributed by atoms with van der Waals surface area (Å²) < 4.78 is 22.4. The van der Waals surface area contributed by atoms with Gasteiger partial charge < -0.3 is 10.1 Å². The van der Waals surface area contributed by atoms with Crippen LogP contribution in [0.3, 0.4) is 0 Å². The third-order valence-corrected chi connectivity index (χ3v) is 7.03. The average Bonchev–Trinajstić information content (AvgIpc) is 3.34. The van der Waals surface area contributed by atoms with E-state index in [4.69, 9.17) is 4.74 Å². The molecule has 1 saturated carbocycles. The SMILES string of the molecule is O=C1OC2(CCC(CNc3nn(-c4ccccc4F)cc3I)CC2)CN1c1ccccn1. The van der Waals surface area contributed by atoms with Crippen molar-refractivity contribution in [2.45, 2.75) is 31.3 Å². The molecule has 1 N–H and O–H groups in total. The van der Waals surface area contributed by atoms with Crippen molar-refractivity contribution in [1.29, 1.82) is 0 Å². The highest BCUT2D eigenvalue weighted by Gasteiger charge is 2.47. The number of ether oxygens (including phenoxy) is 1. The lowest BCUT2D eigenvalue weighted by Crippen LogP contribution is -2.39. The second-order valence-electron chi connectivity index (χ2n) is 8.37. The summed E-state index contributed by atoms with van der Waals surface area (Å²) in [7, 11) is 0. The quantitative estimate of drug-likeness (QED) is 0.455. The van der Waals surface area contributed by atoms with Crippen LogP contribution in [0, 0.1) is 15.3 Å². The summed E-state index contributed by atoms with van der Waals surface area (Å²) in [5.41, 5.74) is 0.00458. The van der Waals surface area contributed by atoms with Gasteiger partial charge in [-0.15, -0.1) is 5.10 Å². The van der Waals surface area contributed by atoms with Gasteiger partial charge in [0.15, 0.2) is 5.82 Å². The number of hydrogen-bond acceptors (Lipinski definition) is 5. The number of rotatable bonds is 5. The number of carbonyl (C=O) groups is 1. The lowest BCUT2D eigenvalue weighted by Gasteiger charge is -2.35. The van der Waals surface area contributed by atoms with E-state index in [-0.39, 0.29) is 11.9 Å². The van der Waals surface area contributed by atoms with E-state index in [1.54, 1.807) is 34.0 Å². The Bertz CT molecular complexity index is 1110. The van der Waals surface area contributed by atoms with E-state index < -0.39 is 5.60 Å². The molecule has 2 fully saturated rings. The van der Waals surface area contributed by atoms with Crippen LogP contribution in [-0.2, 0) is 4.74 Å². The third-order valence-electron chi connectivity index (χ3n) is 6.24. The van der Waals surface area contributed by atoms with Crippen molar-refractivity contribution in [1.82, 2.24) is 14.8 Å². The summed E-state index contributed by atoms with van der Waals surface area (Å²) in [4.78, 5) is 18.4. The summed E-state index contributed by atoms with van der Waals surface area (Å²) in [5, 5.41) is 7.95. The molecule has 3 heterocycles. The first-order valence-corrected chi connectivity index (χ1v) is 11.8. The number of nitrogens with one attached hydrogen (secondary N) is 1. The monoisotopic (exact) mass is 547 g/mol. The van der Waals surface area contributed by atoms with Crippen molar-refractivity contribution in [3.63, 3.8) is 0 Å². The van der Waals surface area contributed by atoms with Crippen LogP contribution in [0.15, 0.2) is 54.9 Å². The lowest BCUT2D eigenvalue weighted by atomic mass is 9.78. The highest BCUT2D eigenvalue weighted by molar-refractivity contribution is 14.1. The molecular weight excluding hydrogens is 524 g/mol. The fourth-order valence-electron chi connectivity index (χ4n) is 4.46. The fraction of sp³-hybridized carbons (Fsp3) is 0.348. The van der Waals surface area contributed by atoms with Crippen LogP contribution >= 0.6 is 22.6 Å². The zero-order valence-electron chi connectivity index (χ0n) is 17.4. The Morgan fingerprint density at radius 2 is 1.97 bits per heavy atom. The van der Waals surface area contributed by atoms with Gasteiger partial charge in [-0.2, -0.15) is 0 Å². The van der Waals surface area contributed by atoms with Gasteiger partial charge in [0.25, 0.3) is 0 Å². The fourth-order valence-corrected chi connectivity index (χ4v) is 5.02. The molecule has 0 unspecified atom stereocenters. The number of benzene rings is 1. The molecule has 32 heavy (non-hydrogen) atoms. The molecule has 5 rings (SSSR count). The molecule has 3 aromatic rings. The number of pyridine rings is 1. The first-order valence-electron chi connectivity index (χ1n) is 10.7. The normalized spacial score (nSPS) is 22.9. The van der Waals surface area contributed by atoms with Gasteiger partial charge in [0.1, 0.15) is 22.9 Å². The highest BCUT2D eigenvalue weighted by atomic mass is 127. The van der Waals surface area contributed by atoms with Crippen LogP contribution in [0.1, 0.15) is 25.7 Å². The van der Waals surface area contributed by atoms with Crippen LogP contribution < -0.4 is 10.2 Å². The van der Waals surface area contributed by atoms with Gasteiger partial charge in [0, 0.05) is 18.9 Å². The van der Waals surface area contributed by atoms with Crippen LogP contribution in [0.2, 0.25) is 0 Å². The van der Waals surface area contributed by atoms with E-state index >= 15 is 0 Å². The Morgan fingerprint density at radius 3 is 2.72 bits per heavy atom. The number of para-hydroxylation sites is 1. The first-order chi connectivity index (χ1) is 15.5. The van der Waals surface area contributed by atoms with Crippen molar-refractivity contribution in [3.8, 4) is 5.69 Å². The second-order valence-corrected chi connectivity index (χ2v) is 9.53. The second kappa shape index (κ2) is 8.68.